The second-order valence-electron chi connectivity index (χ2n) is 7.26. The number of benzene rings is 3. The summed E-state index contributed by atoms with van der Waals surface area (Å²) in [5, 5.41) is 5.05. The Morgan fingerprint density at radius 2 is 1.67 bits per heavy atom. The molecule has 0 aliphatic heterocycles. The maximum atomic E-state index is 13.0. The molecule has 0 saturated heterocycles. The minimum atomic E-state index is -0.527. The minimum Gasteiger partial charge on any atom is -0.489 e. The Balaban J connectivity index is 1.85. The molecular formula is C24H25NO2. The SMILES string of the molecule is C=CCOc1ccc(NC(=O)C(C)(C)Cc2ccccc2)c2ccccc12. The first-order valence-electron chi connectivity index (χ1n) is 9.12. The number of hydrogen-bond donors (Lipinski definition) is 1. The van der Waals surface area contributed by atoms with Crippen LogP contribution >= 0.6 is 0 Å². The van der Waals surface area contributed by atoms with E-state index in [1.807, 2.05) is 68.4 Å². The summed E-state index contributed by atoms with van der Waals surface area (Å²) in [5.74, 6) is 0.781. The van der Waals surface area contributed by atoms with Crippen molar-refractivity contribution in [2.24, 2.45) is 5.41 Å². The number of carbonyl (C=O) groups excluding carboxylic acids is 1. The molecule has 0 aromatic heterocycles. The molecule has 27 heavy (non-hydrogen) atoms. The molecule has 0 spiro atoms. The van der Waals surface area contributed by atoms with E-state index in [0.29, 0.717) is 13.0 Å². The van der Waals surface area contributed by atoms with E-state index >= 15 is 0 Å². The van der Waals surface area contributed by atoms with E-state index in [1.165, 1.54) is 0 Å². The summed E-state index contributed by atoms with van der Waals surface area (Å²) in [5.41, 5.74) is 1.42. The normalized spacial score (nSPS) is 11.2. The minimum absolute atomic E-state index is 0.00346. The van der Waals surface area contributed by atoms with E-state index in [9.17, 15) is 4.79 Å². The Morgan fingerprint density at radius 1 is 1.00 bits per heavy atom. The Bertz CT molecular complexity index is 945. The van der Waals surface area contributed by atoms with Crippen LogP contribution in [0.25, 0.3) is 10.8 Å². The molecule has 0 radical (unpaired) electrons. The lowest BCUT2D eigenvalue weighted by Crippen LogP contribution is -2.32. The number of carbonyl (C=O) groups is 1. The van der Waals surface area contributed by atoms with Crippen molar-refractivity contribution >= 4 is 22.4 Å². The predicted molar refractivity (Wildman–Crippen MR) is 112 cm³/mol. The molecule has 3 rings (SSSR count). The van der Waals surface area contributed by atoms with Crippen LogP contribution in [-0.2, 0) is 11.2 Å². The fourth-order valence-corrected chi connectivity index (χ4v) is 3.13. The van der Waals surface area contributed by atoms with Crippen molar-refractivity contribution < 1.29 is 9.53 Å². The van der Waals surface area contributed by atoms with Crippen molar-refractivity contribution in [3.8, 4) is 5.75 Å². The highest BCUT2D eigenvalue weighted by molar-refractivity contribution is 6.05. The van der Waals surface area contributed by atoms with Crippen molar-refractivity contribution in [1.29, 1.82) is 0 Å². The van der Waals surface area contributed by atoms with Gasteiger partial charge in [0.25, 0.3) is 0 Å². The Labute approximate surface area is 160 Å². The molecule has 0 unspecified atom stereocenters. The molecule has 0 fully saturated rings. The Morgan fingerprint density at radius 3 is 2.37 bits per heavy atom. The molecule has 0 saturated carbocycles. The monoisotopic (exact) mass is 359 g/mol. The van der Waals surface area contributed by atoms with Crippen molar-refractivity contribution in [1.82, 2.24) is 0 Å². The lowest BCUT2D eigenvalue weighted by Gasteiger charge is -2.24. The standard InChI is InChI=1S/C24H25NO2/c1-4-16-27-22-15-14-21(19-12-8-9-13-20(19)22)25-23(26)24(2,3)17-18-10-6-5-7-11-18/h4-15H,1,16-17H2,2-3H3,(H,25,26). The number of amides is 1. The topological polar surface area (TPSA) is 38.3 Å². The van der Waals surface area contributed by atoms with Crippen molar-refractivity contribution in [2.45, 2.75) is 20.3 Å². The van der Waals surface area contributed by atoms with E-state index in [4.69, 9.17) is 4.74 Å². The second-order valence-corrected chi connectivity index (χ2v) is 7.26. The first kappa shape index (κ1) is 18.7. The van der Waals surface area contributed by atoms with Crippen molar-refractivity contribution in [3.05, 3.63) is 84.9 Å². The van der Waals surface area contributed by atoms with Crippen LogP contribution in [0, 0.1) is 5.41 Å². The highest BCUT2D eigenvalue weighted by atomic mass is 16.5. The lowest BCUT2D eigenvalue weighted by molar-refractivity contribution is -0.123. The van der Waals surface area contributed by atoms with Crippen LogP contribution in [0.1, 0.15) is 19.4 Å². The molecule has 0 bridgehead atoms. The second kappa shape index (κ2) is 8.09. The third-order valence-corrected chi connectivity index (χ3v) is 4.59. The van der Waals surface area contributed by atoms with Gasteiger partial charge in [-0.2, -0.15) is 0 Å². The number of nitrogens with one attached hydrogen (secondary N) is 1. The molecular weight excluding hydrogens is 334 g/mol. The van der Waals surface area contributed by atoms with Crippen LogP contribution < -0.4 is 10.1 Å². The zero-order chi connectivity index (χ0) is 19.3. The first-order chi connectivity index (χ1) is 13.0. The smallest absolute Gasteiger partial charge is 0.230 e. The number of anilines is 1. The molecule has 3 aromatic carbocycles. The predicted octanol–water partition coefficient (Wildman–Crippen LogP) is 5.61. The molecule has 1 amide bonds. The van der Waals surface area contributed by atoms with Crippen LogP contribution in [0.5, 0.6) is 5.75 Å². The summed E-state index contributed by atoms with van der Waals surface area (Å²) in [7, 11) is 0. The number of ether oxygens (including phenoxy) is 1. The number of rotatable bonds is 7. The lowest BCUT2D eigenvalue weighted by atomic mass is 9.84. The van der Waals surface area contributed by atoms with E-state index in [0.717, 1.165) is 27.8 Å². The average Bonchev–Trinajstić information content (AvgIpc) is 2.67. The van der Waals surface area contributed by atoms with E-state index in [2.05, 4.69) is 24.0 Å². The fourth-order valence-electron chi connectivity index (χ4n) is 3.13. The Hall–Kier alpha value is -3.07. The molecule has 0 aliphatic carbocycles. The van der Waals surface area contributed by atoms with Crippen LogP contribution in [0.2, 0.25) is 0 Å². The third kappa shape index (κ3) is 4.37. The number of fused-ring (bicyclic) bond motifs is 1. The van der Waals surface area contributed by atoms with Crippen LogP contribution in [0.4, 0.5) is 5.69 Å². The van der Waals surface area contributed by atoms with Gasteiger partial charge >= 0.3 is 0 Å². The van der Waals surface area contributed by atoms with Gasteiger partial charge in [-0.25, -0.2) is 0 Å². The van der Waals surface area contributed by atoms with Gasteiger partial charge in [-0.1, -0.05) is 81.1 Å². The van der Waals surface area contributed by atoms with E-state index < -0.39 is 5.41 Å². The quantitative estimate of drug-likeness (QED) is 0.557. The molecule has 3 aromatic rings. The number of hydrogen-bond acceptors (Lipinski definition) is 2. The molecule has 138 valence electrons. The van der Waals surface area contributed by atoms with Gasteiger partial charge in [0.1, 0.15) is 12.4 Å². The largest absolute Gasteiger partial charge is 0.489 e. The summed E-state index contributed by atoms with van der Waals surface area (Å²) in [6.45, 7) is 8.08. The Kier molecular flexibility index (Phi) is 5.60. The van der Waals surface area contributed by atoms with Gasteiger partial charge in [0, 0.05) is 21.9 Å². The highest BCUT2D eigenvalue weighted by Crippen LogP contribution is 2.33. The van der Waals surface area contributed by atoms with Crippen LogP contribution in [0.3, 0.4) is 0 Å². The highest BCUT2D eigenvalue weighted by Gasteiger charge is 2.28. The average molecular weight is 359 g/mol. The molecule has 0 aliphatic rings. The zero-order valence-electron chi connectivity index (χ0n) is 15.9. The maximum Gasteiger partial charge on any atom is 0.230 e. The van der Waals surface area contributed by atoms with Crippen LogP contribution in [0.15, 0.2) is 79.4 Å². The maximum absolute atomic E-state index is 13.0. The van der Waals surface area contributed by atoms with Gasteiger partial charge in [0.05, 0.1) is 0 Å². The van der Waals surface area contributed by atoms with Gasteiger partial charge < -0.3 is 10.1 Å². The van der Waals surface area contributed by atoms with Gasteiger partial charge in [0.15, 0.2) is 0 Å². The summed E-state index contributed by atoms with van der Waals surface area (Å²) >= 11 is 0. The van der Waals surface area contributed by atoms with Gasteiger partial charge in [-0.15, -0.1) is 0 Å². The van der Waals surface area contributed by atoms with Crippen molar-refractivity contribution in [3.63, 3.8) is 0 Å². The van der Waals surface area contributed by atoms with Crippen LogP contribution in [-0.4, -0.2) is 12.5 Å². The summed E-state index contributed by atoms with van der Waals surface area (Å²) in [6.07, 6.45) is 2.40. The van der Waals surface area contributed by atoms with Gasteiger partial charge in [0.2, 0.25) is 5.91 Å². The molecule has 0 heterocycles. The van der Waals surface area contributed by atoms with Gasteiger partial charge in [-0.3, -0.25) is 4.79 Å². The van der Waals surface area contributed by atoms with Gasteiger partial charge in [-0.05, 0) is 24.1 Å². The van der Waals surface area contributed by atoms with E-state index in [1.54, 1.807) is 6.08 Å². The molecule has 0 atom stereocenters. The fraction of sp³-hybridized carbons (Fsp3) is 0.208. The van der Waals surface area contributed by atoms with Crippen molar-refractivity contribution in [2.75, 3.05) is 11.9 Å². The third-order valence-electron chi connectivity index (χ3n) is 4.59. The first-order valence-corrected chi connectivity index (χ1v) is 9.12. The summed E-state index contributed by atoms with van der Waals surface area (Å²) < 4.78 is 5.74. The molecule has 3 heteroatoms. The summed E-state index contributed by atoms with van der Waals surface area (Å²) in [4.78, 5) is 13.0. The zero-order valence-corrected chi connectivity index (χ0v) is 15.9. The summed E-state index contributed by atoms with van der Waals surface area (Å²) in [6, 6.07) is 21.8. The van der Waals surface area contributed by atoms with E-state index in [-0.39, 0.29) is 5.91 Å². The molecule has 3 nitrogen and oxygen atoms in total. The molecule has 1 N–H and O–H groups in total.